The molecule has 0 aromatic heterocycles. The van der Waals surface area contributed by atoms with E-state index < -0.39 is 6.10 Å². The van der Waals surface area contributed by atoms with E-state index in [1.54, 1.807) is 24.3 Å². The summed E-state index contributed by atoms with van der Waals surface area (Å²) in [6, 6.07) is 17.0. The Morgan fingerprint density at radius 3 is 2.48 bits per heavy atom. The number of aliphatic hydroxyl groups is 1. The van der Waals surface area contributed by atoms with E-state index in [2.05, 4.69) is 5.32 Å². The summed E-state index contributed by atoms with van der Waals surface area (Å²) in [5.74, 6) is 0.593. The molecule has 0 saturated heterocycles. The molecule has 0 aliphatic heterocycles. The van der Waals surface area contributed by atoms with Crippen molar-refractivity contribution in [3.05, 3.63) is 65.7 Å². The third-order valence-electron chi connectivity index (χ3n) is 4.66. The molecular weight excluding hydrogens is 314 g/mol. The van der Waals surface area contributed by atoms with E-state index in [0.717, 1.165) is 43.4 Å². The molecule has 0 bridgehead atoms. The van der Waals surface area contributed by atoms with E-state index >= 15 is 0 Å². The topological polar surface area (TPSA) is 58.6 Å². The minimum Gasteiger partial charge on any atom is -0.489 e. The monoisotopic (exact) mass is 339 g/mol. The number of hydrogen-bond donors (Lipinski definition) is 2. The Morgan fingerprint density at radius 1 is 1.00 bits per heavy atom. The van der Waals surface area contributed by atoms with Gasteiger partial charge in [0.25, 0.3) is 5.91 Å². The molecule has 1 fully saturated rings. The number of benzene rings is 2. The van der Waals surface area contributed by atoms with Gasteiger partial charge in [-0.05, 0) is 42.7 Å². The zero-order valence-electron chi connectivity index (χ0n) is 14.4. The largest absolute Gasteiger partial charge is 0.489 e. The molecule has 1 aliphatic rings. The molecule has 4 nitrogen and oxygen atoms in total. The summed E-state index contributed by atoms with van der Waals surface area (Å²) in [5.41, 5.74) is 1.69. The highest BCUT2D eigenvalue weighted by Gasteiger charge is 2.23. The van der Waals surface area contributed by atoms with Gasteiger partial charge in [0.1, 0.15) is 12.4 Å². The van der Waals surface area contributed by atoms with Crippen molar-refractivity contribution in [2.45, 2.75) is 50.9 Å². The number of aliphatic hydroxyl groups excluding tert-OH is 1. The molecule has 1 amide bonds. The van der Waals surface area contributed by atoms with Gasteiger partial charge >= 0.3 is 0 Å². The van der Waals surface area contributed by atoms with Gasteiger partial charge in [0.15, 0.2) is 0 Å². The smallest absolute Gasteiger partial charge is 0.251 e. The lowest BCUT2D eigenvalue weighted by atomic mass is 10.1. The molecule has 0 spiro atoms. The molecule has 4 heteroatoms. The fraction of sp³-hybridized carbons (Fsp3) is 0.381. The number of ether oxygens (including phenoxy) is 1. The molecule has 3 rings (SSSR count). The maximum absolute atomic E-state index is 12.4. The van der Waals surface area contributed by atoms with Gasteiger partial charge < -0.3 is 15.2 Å². The van der Waals surface area contributed by atoms with Crippen molar-refractivity contribution in [1.29, 1.82) is 0 Å². The molecule has 2 N–H and O–H groups in total. The van der Waals surface area contributed by atoms with Crippen LogP contribution in [0.4, 0.5) is 0 Å². The van der Waals surface area contributed by atoms with E-state index in [9.17, 15) is 9.90 Å². The summed E-state index contributed by atoms with van der Waals surface area (Å²) in [4.78, 5) is 12.4. The standard InChI is InChI=1S/C21H25NO3/c23-20-10-6-2-5-9-19(20)22-21(24)17-11-13-18(14-12-17)25-15-16-7-3-1-4-8-16/h1,3-4,7-8,11-14,19-20,23H,2,5-6,9-10,15H2,(H,22,24)/t19-,20-/m1/s1. The fourth-order valence-corrected chi connectivity index (χ4v) is 3.15. The second kappa shape index (κ2) is 8.67. The highest BCUT2D eigenvalue weighted by molar-refractivity contribution is 5.94. The van der Waals surface area contributed by atoms with Gasteiger partial charge in [-0.2, -0.15) is 0 Å². The van der Waals surface area contributed by atoms with Crippen LogP contribution in [0.1, 0.15) is 48.0 Å². The van der Waals surface area contributed by atoms with Gasteiger partial charge in [0.2, 0.25) is 0 Å². The van der Waals surface area contributed by atoms with Crippen molar-refractivity contribution in [1.82, 2.24) is 5.32 Å². The predicted molar refractivity (Wildman–Crippen MR) is 97.6 cm³/mol. The molecule has 0 heterocycles. The highest BCUT2D eigenvalue weighted by Crippen LogP contribution is 2.19. The number of amides is 1. The molecule has 132 valence electrons. The van der Waals surface area contributed by atoms with Gasteiger partial charge in [-0.1, -0.05) is 49.6 Å². The van der Waals surface area contributed by atoms with Gasteiger partial charge in [-0.3, -0.25) is 4.79 Å². The summed E-state index contributed by atoms with van der Waals surface area (Å²) in [6.45, 7) is 0.501. The normalized spacial score (nSPS) is 20.5. The summed E-state index contributed by atoms with van der Waals surface area (Å²) >= 11 is 0. The second-order valence-corrected chi connectivity index (χ2v) is 6.58. The molecule has 25 heavy (non-hydrogen) atoms. The first-order valence-electron chi connectivity index (χ1n) is 8.98. The Balaban J connectivity index is 1.55. The van der Waals surface area contributed by atoms with Crippen LogP contribution in [0.15, 0.2) is 54.6 Å². The van der Waals surface area contributed by atoms with E-state index in [1.807, 2.05) is 30.3 Å². The Kier molecular flexibility index (Phi) is 6.07. The van der Waals surface area contributed by atoms with Crippen molar-refractivity contribution < 1.29 is 14.6 Å². The first-order chi connectivity index (χ1) is 12.2. The van der Waals surface area contributed by atoms with Gasteiger partial charge in [0.05, 0.1) is 12.1 Å². The fourth-order valence-electron chi connectivity index (χ4n) is 3.15. The van der Waals surface area contributed by atoms with Crippen LogP contribution in [0, 0.1) is 0 Å². The predicted octanol–water partition coefficient (Wildman–Crippen LogP) is 3.69. The Labute approximate surface area is 148 Å². The number of carbonyl (C=O) groups excluding carboxylic acids is 1. The van der Waals surface area contributed by atoms with Crippen LogP contribution in [0.25, 0.3) is 0 Å². The Bertz CT molecular complexity index is 669. The SMILES string of the molecule is O=C(N[C@@H]1CCCCC[C@H]1O)c1ccc(OCc2ccccc2)cc1. The molecule has 1 aliphatic carbocycles. The number of rotatable bonds is 5. The number of hydrogen-bond acceptors (Lipinski definition) is 3. The van der Waals surface area contributed by atoms with Crippen molar-refractivity contribution in [3.8, 4) is 5.75 Å². The molecule has 1 saturated carbocycles. The average molecular weight is 339 g/mol. The zero-order valence-corrected chi connectivity index (χ0v) is 14.4. The third kappa shape index (κ3) is 5.07. The first-order valence-corrected chi connectivity index (χ1v) is 8.98. The van der Waals surface area contributed by atoms with Crippen molar-refractivity contribution in [2.75, 3.05) is 0 Å². The molecular formula is C21H25NO3. The quantitative estimate of drug-likeness (QED) is 0.817. The summed E-state index contributed by atoms with van der Waals surface area (Å²) in [6.07, 6.45) is 4.36. The van der Waals surface area contributed by atoms with E-state index in [0.29, 0.717) is 12.2 Å². The summed E-state index contributed by atoms with van der Waals surface area (Å²) in [7, 11) is 0. The lowest BCUT2D eigenvalue weighted by Gasteiger charge is -2.21. The minimum atomic E-state index is -0.445. The molecule has 2 aromatic carbocycles. The van der Waals surface area contributed by atoms with Crippen molar-refractivity contribution in [2.24, 2.45) is 0 Å². The highest BCUT2D eigenvalue weighted by atomic mass is 16.5. The van der Waals surface area contributed by atoms with Crippen LogP contribution in [0.3, 0.4) is 0 Å². The van der Waals surface area contributed by atoms with Gasteiger partial charge in [-0.25, -0.2) is 0 Å². The van der Waals surface area contributed by atoms with E-state index in [1.165, 1.54) is 0 Å². The van der Waals surface area contributed by atoms with Crippen LogP contribution in [0.2, 0.25) is 0 Å². The lowest BCUT2D eigenvalue weighted by molar-refractivity contribution is 0.0818. The van der Waals surface area contributed by atoms with Crippen LogP contribution in [0.5, 0.6) is 5.75 Å². The van der Waals surface area contributed by atoms with Crippen molar-refractivity contribution >= 4 is 5.91 Å². The molecule has 2 atom stereocenters. The number of nitrogens with one attached hydrogen (secondary N) is 1. The first kappa shape index (κ1) is 17.5. The van der Waals surface area contributed by atoms with Crippen LogP contribution in [-0.4, -0.2) is 23.2 Å². The van der Waals surface area contributed by atoms with Crippen LogP contribution in [-0.2, 0) is 6.61 Å². The second-order valence-electron chi connectivity index (χ2n) is 6.58. The minimum absolute atomic E-state index is 0.138. The van der Waals surface area contributed by atoms with Crippen LogP contribution < -0.4 is 10.1 Å². The molecule has 0 radical (unpaired) electrons. The zero-order chi connectivity index (χ0) is 17.5. The summed E-state index contributed by atoms with van der Waals surface area (Å²) in [5, 5.41) is 13.1. The van der Waals surface area contributed by atoms with Gasteiger partial charge in [-0.15, -0.1) is 0 Å². The maximum atomic E-state index is 12.4. The van der Waals surface area contributed by atoms with Crippen molar-refractivity contribution in [3.63, 3.8) is 0 Å². The lowest BCUT2D eigenvalue weighted by Crippen LogP contribution is -2.42. The van der Waals surface area contributed by atoms with E-state index in [4.69, 9.17) is 4.74 Å². The summed E-state index contributed by atoms with van der Waals surface area (Å²) < 4.78 is 5.74. The number of carbonyl (C=O) groups is 1. The van der Waals surface area contributed by atoms with Gasteiger partial charge in [0, 0.05) is 5.56 Å². The third-order valence-corrected chi connectivity index (χ3v) is 4.66. The van der Waals surface area contributed by atoms with Crippen LogP contribution >= 0.6 is 0 Å². The average Bonchev–Trinajstić information content (AvgIpc) is 2.86. The maximum Gasteiger partial charge on any atom is 0.251 e. The Morgan fingerprint density at radius 2 is 1.72 bits per heavy atom. The molecule has 2 aromatic rings. The van der Waals surface area contributed by atoms with E-state index in [-0.39, 0.29) is 11.9 Å². The molecule has 0 unspecified atom stereocenters. The Hall–Kier alpha value is -2.33.